The SMILES string of the molecule is CCCC(C)COC(=O)c1cc(Cl)c(Cl)c(S(=O)(=O)Cl)c1. The van der Waals surface area contributed by atoms with E-state index in [-0.39, 0.29) is 28.1 Å². The maximum Gasteiger partial charge on any atom is 0.338 e. The molecule has 0 aliphatic rings. The Balaban J connectivity index is 2.99. The van der Waals surface area contributed by atoms with Gasteiger partial charge in [0.1, 0.15) is 4.90 Å². The molecule has 0 radical (unpaired) electrons. The first-order valence-corrected chi connectivity index (χ1v) is 9.34. The highest BCUT2D eigenvalue weighted by Gasteiger charge is 2.21. The molecule has 0 spiro atoms. The van der Waals surface area contributed by atoms with E-state index in [0.29, 0.717) is 0 Å². The topological polar surface area (TPSA) is 60.4 Å². The Labute approximate surface area is 138 Å². The van der Waals surface area contributed by atoms with Gasteiger partial charge in [0.25, 0.3) is 9.05 Å². The van der Waals surface area contributed by atoms with E-state index in [1.165, 1.54) is 6.07 Å². The Morgan fingerprint density at radius 2 is 1.95 bits per heavy atom. The number of carbonyl (C=O) groups excluding carboxylic acids is 1. The van der Waals surface area contributed by atoms with E-state index < -0.39 is 19.9 Å². The van der Waals surface area contributed by atoms with Crippen molar-refractivity contribution in [2.45, 2.75) is 31.6 Å². The molecule has 0 heterocycles. The molecule has 0 bridgehead atoms. The van der Waals surface area contributed by atoms with Gasteiger partial charge in [-0.2, -0.15) is 0 Å². The second-order valence-electron chi connectivity index (χ2n) is 4.70. The van der Waals surface area contributed by atoms with Crippen LogP contribution in [0, 0.1) is 5.92 Å². The lowest BCUT2D eigenvalue weighted by atomic mass is 10.1. The summed E-state index contributed by atoms with van der Waals surface area (Å²) in [6, 6.07) is 2.31. The average molecular weight is 374 g/mol. The molecule has 1 atom stereocenters. The first kappa shape index (κ1) is 18.6. The Kier molecular flexibility index (Phi) is 6.78. The summed E-state index contributed by atoms with van der Waals surface area (Å²) in [6.45, 7) is 4.24. The van der Waals surface area contributed by atoms with Crippen LogP contribution >= 0.6 is 33.9 Å². The molecule has 0 N–H and O–H groups in total. The molecule has 8 heteroatoms. The summed E-state index contributed by atoms with van der Waals surface area (Å²) in [5.74, 6) is -0.448. The van der Waals surface area contributed by atoms with Crippen molar-refractivity contribution in [2.75, 3.05) is 6.61 Å². The smallest absolute Gasteiger partial charge is 0.338 e. The number of hydrogen-bond donors (Lipinski definition) is 0. The highest BCUT2D eigenvalue weighted by atomic mass is 35.7. The van der Waals surface area contributed by atoms with Gasteiger partial charge in [-0.25, -0.2) is 13.2 Å². The summed E-state index contributed by atoms with van der Waals surface area (Å²) in [5.41, 5.74) is -0.00711. The summed E-state index contributed by atoms with van der Waals surface area (Å²) in [5, 5.41) is -0.297. The zero-order valence-electron chi connectivity index (χ0n) is 11.5. The lowest BCUT2D eigenvalue weighted by molar-refractivity contribution is 0.0443. The largest absolute Gasteiger partial charge is 0.462 e. The van der Waals surface area contributed by atoms with Gasteiger partial charge >= 0.3 is 5.97 Å². The van der Waals surface area contributed by atoms with Crippen molar-refractivity contribution in [1.29, 1.82) is 0 Å². The van der Waals surface area contributed by atoms with Gasteiger partial charge in [-0.1, -0.05) is 43.5 Å². The lowest BCUT2D eigenvalue weighted by Gasteiger charge is -2.12. The van der Waals surface area contributed by atoms with Crippen molar-refractivity contribution in [3.8, 4) is 0 Å². The fourth-order valence-corrected chi connectivity index (χ4v) is 3.50. The van der Waals surface area contributed by atoms with Crippen LogP contribution < -0.4 is 0 Å². The molecule has 0 aromatic heterocycles. The molecule has 0 aliphatic heterocycles. The average Bonchev–Trinajstić information content (AvgIpc) is 2.38. The van der Waals surface area contributed by atoms with Crippen molar-refractivity contribution >= 4 is 48.9 Å². The van der Waals surface area contributed by atoms with Crippen LogP contribution in [0.2, 0.25) is 10.0 Å². The Hall–Kier alpha value is -0.490. The minimum atomic E-state index is -4.10. The maximum atomic E-state index is 11.9. The van der Waals surface area contributed by atoms with Crippen LogP contribution in [0.5, 0.6) is 0 Å². The molecule has 0 amide bonds. The number of carbonyl (C=O) groups is 1. The Bertz CT molecular complexity index is 629. The molecular weight excluding hydrogens is 359 g/mol. The van der Waals surface area contributed by atoms with Crippen LogP contribution in [0.25, 0.3) is 0 Å². The normalized spacial score (nSPS) is 13.0. The van der Waals surface area contributed by atoms with E-state index in [4.69, 9.17) is 38.6 Å². The number of ether oxygens (including phenoxy) is 1. The fraction of sp³-hybridized carbons (Fsp3) is 0.462. The number of rotatable bonds is 6. The van der Waals surface area contributed by atoms with Gasteiger partial charge in [-0.05, 0) is 24.5 Å². The zero-order chi connectivity index (χ0) is 16.2. The van der Waals surface area contributed by atoms with E-state index in [1.807, 2.05) is 13.8 Å². The summed E-state index contributed by atoms with van der Waals surface area (Å²) in [4.78, 5) is 11.5. The quantitative estimate of drug-likeness (QED) is 0.543. The van der Waals surface area contributed by atoms with E-state index in [9.17, 15) is 13.2 Å². The van der Waals surface area contributed by atoms with E-state index in [1.54, 1.807) is 0 Å². The van der Waals surface area contributed by atoms with Crippen molar-refractivity contribution < 1.29 is 17.9 Å². The fourth-order valence-electron chi connectivity index (χ4n) is 1.74. The van der Waals surface area contributed by atoms with Gasteiger partial charge in [-0.3, -0.25) is 0 Å². The molecule has 0 aliphatic carbocycles. The summed E-state index contributed by atoms with van der Waals surface area (Å²) in [6.07, 6.45) is 1.91. The minimum absolute atomic E-state index is 0.00711. The zero-order valence-corrected chi connectivity index (χ0v) is 14.6. The highest BCUT2D eigenvalue weighted by Crippen LogP contribution is 2.33. The summed E-state index contributed by atoms with van der Waals surface area (Å²) in [7, 11) is 1.15. The van der Waals surface area contributed by atoms with Crippen LogP contribution in [0.4, 0.5) is 0 Å². The van der Waals surface area contributed by atoms with Gasteiger partial charge < -0.3 is 4.74 Å². The predicted octanol–water partition coefficient (Wildman–Crippen LogP) is 4.51. The third kappa shape index (κ3) is 5.33. The van der Waals surface area contributed by atoms with E-state index in [0.717, 1.165) is 18.9 Å². The predicted molar refractivity (Wildman–Crippen MR) is 83.9 cm³/mol. The molecular formula is C13H15Cl3O4S. The van der Waals surface area contributed by atoms with Crippen LogP contribution in [-0.4, -0.2) is 21.0 Å². The number of halogens is 3. The molecule has 21 heavy (non-hydrogen) atoms. The second kappa shape index (κ2) is 7.68. The highest BCUT2D eigenvalue weighted by molar-refractivity contribution is 8.13. The molecule has 1 unspecified atom stereocenters. The van der Waals surface area contributed by atoms with Gasteiger partial charge in [0.05, 0.1) is 22.2 Å². The Morgan fingerprint density at radius 3 is 2.48 bits per heavy atom. The van der Waals surface area contributed by atoms with E-state index in [2.05, 4.69) is 0 Å². The van der Waals surface area contributed by atoms with Crippen LogP contribution in [-0.2, 0) is 13.8 Å². The second-order valence-corrected chi connectivity index (χ2v) is 8.02. The monoisotopic (exact) mass is 372 g/mol. The van der Waals surface area contributed by atoms with Crippen molar-refractivity contribution in [1.82, 2.24) is 0 Å². The van der Waals surface area contributed by atoms with Crippen LogP contribution in [0.3, 0.4) is 0 Å². The summed E-state index contributed by atoms with van der Waals surface area (Å²) < 4.78 is 27.9. The molecule has 0 saturated heterocycles. The molecule has 1 rings (SSSR count). The minimum Gasteiger partial charge on any atom is -0.462 e. The van der Waals surface area contributed by atoms with Crippen molar-refractivity contribution in [3.05, 3.63) is 27.7 Å². The maximum absolute atomic E-state index is 11.9. The molecule has 0 fully saturated rings. The molecule has 118 valence electrons. The number of hydrogen-bond acceptors (Lipinski definition) is 4. The Morgan fingerprint density at radius 1 is 1.33 bits per heavy atom. The molecule has 1 aromatic carbocycles. The molecule has 1 aromatic rings. The third-order valence-corrected chi connectivity index (χ3v) is 5.03. The number of esters is 1. The molecule has 4 nitrogen and oxygen atoms in total. The van der Waals surface area contributed by atoms with Crippen LogP contribution in [0.1, 0.15) is 37.0 Å². The van der Waals surface area contributed by atoms with Gasteiger partial charge in [-0.15, -0.1) is 0 Å². The van der Waals surface area contributed by atoms with Gasteiger partial charge in [0.2, 0.25) is 0 Å². The summed E-state index contributed by atoms with van der Waals surface area (Å²) >= 11 is 11.6. The lowest BCUT2D eigenvalue weighted by Crippen LogP contribution is -2.12. The molecule has 0 saturated carbocycles. The van der Waals surface area contributed by atoms with Crippen LogP contribution in [0.15, 0.2) is 17.0 Å². The first-order chi connectivity index (χ1) is 9.66. The van der Waals surface area contributed by atoms with Crippen molar-refractivity contribution in [3.63, 3.8) is 0 Å². The number of benzene rings is 1. The van der Waals surface area contributed by atoms with Gasteiger partial charge in [0.15, 0.2) is 0 Å². The first-order valence-electron chi connectivity index (χ1n) is 6.27. The van der Waals surface area contributed by atoms with Gasteiger partial charge in [0, 0.05) is 10.7 Å². The van der Waals surface area contributed by atoms with E-state index >= 15 is 0 Å². The standard InChI is InChI=1S/C13H15Cl3O4S/c1-3-4-8(2)7-20-13(17)9-5-10(14)12(15)11(6-9)21(16,18)19/h5-6,8H,3-4,7H2,1-2H3. The third-order valence-electron chi connectivity index (χ3n) is 2.77. The van der Waals surface area contributed by atoms with Crippen molar-refractivity contribution in [2.24, 2.45) is 5.92 Å².